The number of aliphatic hydroxyl groups is 1. The smallest absolute Gasteiger partial charge is 0.412 e. The molecule has 2 saturated heterocycles. The number of nitrogens with zero attached hydrogens (tertiary/aromatic N) is 4. The van der Waals surface area contributed by atoms with Crippen LogP contribution in [-0.2, 0) is 60.6 Å². The van der Waals surface area contributed by atoms with Crippen LogP contribution >= 0.6 is 23.4 Å². The monoisotopic (exact) mass is 1240 g/mol. The number of rotatable bonds is 19. The van der Waals surface area contributed by atoms with Gasteiger partial charge in [-0.3, -0.25) is 29.8 Å². The largest absolute Gasteiger partial charge is 0.495 e. The summed E-state index contributed by atoms with van der Waals surface area (Å²) in [6, 6.07) is 7.35. The number of halogens is 1. The second-order valence-electron chi connectivity index (χ2n) is 22.4. The highest BCUT2D eigenvalue weighted by Crippen LogP contribution is 2.49. The topological polar surface area (TPSA) is 274 Å². The van der Waals surface area contributed by atoms with Crippen molar-refractivity contribution in [2.75, 3.05) is 83.3 Å². The molecular weight excluding hydrogens is 1150 g/mol. The molecule has 6 rings (SSSR count). The lowest BCUT2D eigenvalue weighted by atomic mass is 9.83. The summed E-state index contributed by atoms with van der Waals surface area (Å²) in [6.45, 7) is 8.68. The number of alkyl carbamates (subject to hydrolysis) is 1. The number of anilines is 3. The van der Waals surface area contributed by atoms with Crippen LogP contribution in [0.4, 0.5) is 36.2 Å². The molecule has 3 aliphatic heterocycles. The van der Waals surface area contributed by atoms with E-state index < -0.39 is 90.2 Å². The molecule has 2 fully saturated rings. The van der Waals surface area contributed by atoms with Crippen LogP contribution in [0.5, 0.6) is 5.75 Å². The molecule has 4 N–H and O–H groups in total. The number of esters is 1. The zero-order valence-corrected chi connectivity index (χ0v) is 52.6. The average molecular weight is 1240 g/mol. The van der Waals surface area contributed by atoms with Gasteiger partial charge >= 0.3 is 24.2 Å². The van der Waals surface area contributed by atoms with Gasteiger partial charge in [-0.2, -0.15) is 0 Å². The number of methoxy groups -OCH3 is 2. The Morgan fingerprint density at radius 1 is 1.00 bits per heavy atom. The van der Waals surface area contributed by atoms with Crippen molar-refractivity contribution in [1.82, 2.24) is 20.0 Å². The van der Waals surface area contributed by atoms with Gasteiger partial charge in [0.25, 0.3) is 5.24 Å². The van der Waals surface area contributed by atoms with Crippen molar-refractivity contribution < 1.29 is 76.6 Å². The number of thioether (sulfide) groups is 1. The molecular formula is C61H84ClN7O16S. The van der Waals surface area contributed by atoms with Crippen LogP contribution in [0.3, 0.4) is 0 Å². The van der Waals surface area contributed by atoms with E-state index in [1.807, 2.05) is 25.2 Å². The van der Waals surface area contributed by atoms with Crippen LogP contribution in [0, 0.1) is 5.92 Å². The van der Waals surface area contributed by atoms with E-state index in [4.69, 9.17) is 44.8 Å². The highest BCUT2D eigenvalue weighted by molar-refractivity contribution is 8.13. The van der Waals surface area contributed by atoms with Gasteiger partial charge in [0.1, 0.15) is 53.4 Å². The summed E-state index contributed by atoms with van der Waals surface area (Å²) in [6.07, 6.45) is 7.50. The molecule has 9 atom stereocenters. The fourth-order valence-corrected chi connectivity index (χ4v) is 11.3. The molecule has 86 heavy (non-hydrogen) atoms. The first-order valence-corrected chi connectivity index (χ1v) is 30.3. The Hall–Kier alpha value is -6.86. The maximum absolute atomic E-state index is 14.4. The second kappa shape index (κ2) is 31.2. The van der Waals surface area contributed by atoms with Crippen LogP contribution in [0.25, 0.3) is 0 Å². The molecule has 25 heteroatoms. The highest BCUT2D eigenvalue weighted by atomic mass is 35.5. The summed E-state index contributed by atoms with van der Waals surface area (Å²) in [7, 11) is 8.92. The molecule has 0 spiro atoms. The molecule has 4 aliphatic rings. The van der Waals surface area contributed by atoms with Gasteiger partial charge in [0.2, 0.25) is 11.8 Å². The summed E-state index contributed by atoms with van der Waals surface area (Å²) < 4.78 is 40.7. The van der Waals surface area contributed by atoms with E-state index in [-0.39, 0.29) is 67.0 Å². The molecule has 3 heterocycles. The molecule has 2 aromatic carbocycles. The van der Waals surface area contributed by atoms with Gasteiger partial charge in [-0.15, -0.1) is 0 Å². The fraction of sp³-hybridized carbons (Fsp3) is 0.574. The summed E-state index contributed by atoms with van der Waals surface area (Å²) in [4.78, 5) is 112. The first-order chi connectivity index (χ1) is 40.8. The Balaban J connectivity index is 1.03. The number of allylic oxidation sites excluding steroid dienone is 4. The number of likely N-dealkylation sites (N-methyl/N-ethyl adjacent to an activating group) is 3. The Labute approximate surface area is 512 Å². The average Bonchev–Trinajstić information content (AvgIpc) is 1.62. The summed E-state index contributed by atoms with van der Waals surface area (Å²) in [5.41, 5.74) is 0.174. The first kappa shape index (κ1) is 68.3. The van der Waals surface area contributed by atoms with E-state index in [9.17, 15) is 43.5 Å². The number of ketones is 1. The SMILES string of the molecule is CCC(=O)CNc1cc(COC(=O)N(C)CCN(C)C(=O)SCCC(=O)N(C)[C@@H](C)C(=O)O[C@H]2CC(=O)N(C)c3cc(cc(OC)c3Cl)C/C(C)=C/C=C/[C@@H](OC)[C@@]3(O)C[C@H](OC(=O)N3)[C@@H](C)[C@@H]3O[C@@]23C)ccc1NC(=O)OC1/C=C/CCCCC1. The van der Waals surface area contributed by atoms with Crippen molar-refractivity contribution in [3.8, 4) is 5.75 Å². The van der Waals surface area contributed by atoms with Crippen molar-refractivity contribution >= 4 is 87.5 Å². The van der Waals surface area contributed by atoms with Gasteiger partial charge in [0.05, 0.1) is 43.2 Å². The van der Waals surface area contributed by atoms with E-state index in [1.165, 1.54) is 54.8 Å². The van der Waals surface area contributed by atoms with E-state index >= 15 is 0 Å². The van der Waals surface area contributed by atoms with Crippen molar-refractivity contribution in [1.29, 1.82) is 0 Å². The molecule has 6 amide bonds. The molecule has 23 nitrogen and oxygen atoms in total. The zero-order chi connectivity index (χ0) is 63.0. The van der Waals surface area contributed by atoms with Crippen LogP contribution in [-0.4, -0.2) is 183 Å². The molecule has 1 aliphatic carbocycles. The second-order valence-corrected chi connectivity index (χ2v) is 23.9. The lowest BCUT2D eigenvalue weighted by molar-refractivity contribution is -0.162. The Morgan fingerprint density at radius 3 is 2.47 bits per heavy atom. The zero-order valence-electron chi connectivity index (χ0n) is 51.1. The Bertz CT molecular complexity index is 2890. The van der Waals surface area contributed by atoms with Crippen LogP contribution in [0.1, 0.15) is 104 Å². The summed E-state index contributed by atoms with van der Waals surface area (Å²) in [5.74, 6) is -2.10. The summed E-state index contributed by atoms with van der Waals surface area (Å²) in [5, 5.41) is 20.0. The van der Waals surface area contributed by atoms with Gasteiger partial charge in [-0.05, 0) is 94.3 Å². The maximum atomic E-state index is 14.4. The minimum Gasteiger partial charge on any atom is -0.495 e. The van der Waals surface area contributed by atoms with Crippen molar-refractivity contribution in [3.05, 3.63) is 82.4 Å². The lowest BCUT2D eigenvalue weighted by Gasteiger charge is -2.42. The maximum Gasteiger partial charge on any atom is 0.412 e. The predicted molar refractivity (Wildman–Crippen MR) is 325 cm³/mol. The predicted octanol–water partition coefficient (Wildman–Crippen LogP) is 8.79. The van der Waals surface area contributed by atoms with Crippen LogP contribution in [0.2, 0.25) is 5.02 Å². The third kappa shape index (κ3) is 18.3. The van der Waals surface area contributed by atoms with Gasteiger partial charge < -0.3 is 63.2 Å². The first-order valence-electron chi connectivity index (χ1n) is 28.9. The Morgan fingerprint density at radius 2 is 1.74 bits per heavy atom. The highest BCUT2D eigenvalue weighted by Gasteiger charge is 2.64. The molecule has 1 unspecified atom stereocenters. The standard InChI is InChI=1S/C61H84ClN7O16S/c1-12-42(70)35-63-45-30-40(23-24-44(45)64-56(74)82-43-20-16-14-13-15-17-21-43)36-81-58(76)66(6)26-27-67(7)59(77)86-28-25-51(71)68(8)39(4)55(73)84-50-33-52(72)69(9)46-31-41(32-47(79-10)53(46)62)29-37(2)19-18-22-49(80-11)61(78)34-48(83-57(75)65-61)38(3)54-60(50,5)85-54/h16,18-20,22-24,30-32,38-39,43,48-50,54,63,78H,12-15,17,21,25-29,33-36H2,1-11H3,(H,64,74)(H,65,75)/b20-16+,22-18+,37-19+/t38-,39+,43?,48+,49-,50+,54+,60+,61+/m1/s1. The molecule has 4 bridgehead atoms. The van der Waals surface area contributed by atoms with Gasteiger partial charge in [0, 0.05) is 79.3 Å². The number of fused-ring (bicyclic) bond motifs is 5. The van der Waals surface area contributed by atoms with Crippen molar-refractivity contribution in [2.45, 2.75) is 153 Å². The molecule has 472 valence electrons. The third-order valence-corrected chi connectivity index (χ3v) is 17.3. The lowest BCUT2D eigenvalue weighted by Crippen LogP contribution is -2.63. The molecule has 0 radical (unpaired) electrons. The number of nitrogens with one attached hydrogen (secondary N) is 3. The van der Waals surface area contributed by atoms with Crippen LogP contribution in [0.15, 0.2) is 66.3 Å². The molecule has 0 aromatic heterocycles. The number of carbonyl (C=O) groups is 8. The number of amides is 6. The minimum absolute atomic E-state index is 0.0175. The van der Waals surface area contributed by atoms with Gasteiger partial charge in [0.15, 0.2) is 11.5 Å². The van der Waals surface area contributed by atoms with Gasteiger partial charge in [-0.25, -0.2) is 19.2 Å². The number of Topliss-reactive ketones (excluding diaryl/α,β-unsaturated/α-hetero) is 1. The Kier molecular flexibility index (Phi) is 24.7. The fourth-order valence-electron chi connectivity index (χ4n) is 10.2. The van der Waals surface area contributed by atoms with E-state index in [2.05, 4.69) is 16.0 Å². The van der Waals surface area contributed by atoms with Crippen molar-refractivity contribution in [2.24, 2.45) is 5.92 Å². The van der Waals surface area contributed by atoms with Crippen LogP contribution < -0.4 is 25.6 Å². The molecule has 0 saturated carbocycles. The number of benzene rings is 2. The normalized spacial score (nSPS) is 25.7. The summed E-state index contributed by atoms with van der Waals surface area (Å²) >= 11 is 7.72. The van der Waals surface area contributed by atoms with E-state index in [0.29, 0.717) is 41.2 Å². The third-order valence-electron chi connectivity index (χ3n) is 16.0. The molecule has 2 aromatic rings. The number of epoxide rings is 1. The number of ether oxygens (including phenoxy) is 7. The van der Waals surface area contributed by atoms with E-state index in [1.54, 1.807) is 77.4 Å². The van der Waals surface area contributed by atoms with E-state index in [0.717, 1.165) is 55.0 Å². The van der Waals surface area contributed by atoms with Gasteiger partial charge in [-0.1, -0.05) is 79.6 Å². The number of hydrogen-bond donors (Lipinski definition) is 4. The van der Waals surface area contributed by atoms with Crippen molar-refractivity contribution in [3.63, 3.8) is 0 Å². The quantitative estimate of drug-likeness (QED) is 0.0443. The number of hydrogen-bond acceptors (Lipinski definition) is 18. The minimum atomic E-state index is -1.89. The number of carbonyl (C=O) groups excluding carboxylic acids is 8.